The third-order valence-corrected chi connectivity index (χ3v) is 0.809. The molecule has 0 aromatic carbocycles. The van der Waals surface area contributed by atoms with Gasteiger partial charge in [-0.25, -0.2) is 0 Å². The Bertz CT molecular complexity index is 43.8. The van der Waals surface area contributed by atoms with Crippen molar-refractivity contribution in [2.24, 2.45) is 0 Å². The first-order chi connectivity index (χ1) is 3.77. The molecule has 0 aliphatic rings. The molecule has 0 saturated carbocycles. The van der Waals surface area contributed by atoms with Crippen molar-refractivity contribution < 1.29 is 9.84 Å². The van der Waals surface area contributed by atoms with Gasteiger partial charge in [-0.1, -0.05) is 13.3 Å². The van der Waals surface area contributed by atoms with Gasteiger partial charge in [-0.2, -0.15) is 0 Å². The number of aliphatic hydroxyl groups excluding tert-OH is 1. The van der Waals surface area contributed by atoms with E-state index in [4.69, 9.17) is 9.84 Å². The number of hydrogen-bond acceptors (Lipinski definition) is 2. The van der Waals surface area contributed by atoms with Gasteiger partial charge in [-0.3, -0.25) is 0 Å². The van der Waals surface area contributed by atoms with Gasteiger partial charge in [0.2, 0.25) is 6.29 Å². The fourth-order valence-electron chi connectivity index (χ4n) is 0.364. The predicted molar refractivity (Wildman–Crippen MR) is 31.7 cm³/mol. The zero-order valence-corrected chi connectivity index (χ0v) is 5.48. The molecule has 0 atom stereocenters. The van der Waals surface area contributed by atoms with Gasteiger partial charge >= 0.3 is 0 Å². The molecule has 0 spiro atoms. The van der Waals surface area contributed by atoms with E-state index in [2.05, 4.69) is 6.92 Å². The van der Waals surface area contributed by atoms with Crippen LogP contribution in [-0.2, 0) is 4.74 Å². The maximum absolute atomic E-state index is 8.47. The van der Waals surface area contributed by atoms with Gasteiger partial charge in [-0.05, 0) is 13.3 Å². The fourth-order valence-corrected chi connectivity index (χ4v) is 0.364. The van der Waals surface area contributed by atoms with Crippen molar-refractivity contribution >= 4 is 0 Å². The van der Waals surface area contributed by atoms with Crippen LogP contribution in [0.1, 0.15) is 26.7 Å². The standard InChI is InChI=1S/C6H13O2/c1-3-4-5-8-6(2)7/h7H,3-5H2,1-2H3. The van der Waals surface area contributed by atoms with Crippen molar-refractivity contribution in [3.05, 3.63) is 6.29 Å². The molecular weight excluding hydrogens is 104 g/mol. The van der Waals surface area contributed by atoms with Gasteiger partial charge in [0.05, 0.1) is 6.61 Å². The molecule has 2 nitrogen and oxygen atoms in total. The minimum absolute atomic E-state index is 0.0680. The summed E-state index contributed by atoms with van der Waals surface area (Å²) < 4.78 is 4.75. The first-order valence-electron chi connectivity index (χ1n) is 2.92. The third-order valence-electron chi connectivity index (χ3n) is 0.809. The zero-order valence-electron chi connectivity index (χ0n) is 5.48. The SMILES string of the molecule is CCCCO[C](C)O. The molecule has 0 heterocycles. The van der Waals surface area contributed by atoms with Gasteiger partial charge < -0.3 is 9.84 Å². The molecule has 8 heavy (non-hydrogen) atoms. The summed E-state index contributed by atoms with van der Waals surface area (Å²) in [5.74, 6) is 0. The molecule has 0 aromatic heterocycles. The molecule has 0 bridgehead atoms. The van der Waals surface area contributed by atoms with Crippen LogP contribution < -0.4 is 0 Å². The average molecular weight is 117 g/mol. The molecule has 0 aromatic rings. The molecule has 1 radical (unpaired) electrons. The third kappa shape index (κ3) is 5.92. The van der Waals surface area contributed by atoms with Crippen LogP contribution in [0.3, 0.4) is 0 Å². The summed E-state index contributed by atoms with van der Waals surface area (Å²) in [6.45, 7) is 4.25. The van der Waals surface area contributed by atoms with E-state index in [-0.39, 0.29) is 6.29 Å². The van der Waals surface area contributed by atoms with E-state index in [1.165, 1.54) is 6.92 Å². The minimum Gasteiger partial charge on any atom is -0.362 e. The molecule has 0 aliphatic heterocycles. The smallest absolute Gasteiger partial charge is 0.217 e. The van der Waals surface area contributed by atoms with Crippen LogP contribution in [0.2, 0.25) is 0 Å². The summed E-state index contributed by atoms with van der Waals surface area (Å²) in [6, 6.07) is 0. The highest BCUT2D eigenvalue weighted by Crippen LogP contribution is 1.95. The Kier molecular flexibility index (Phi) is 5.01. The van der Waals surface area contributed by atoms with E-state index < -0.39 is 0 Å². The highest BCUT2D eigenvalue weighted by Gasteiger charge is 1.92. The lowest BCUT2D eigenvalue weighted by atomic mass is 10.4. The Morgan fingerprint density at radius 1 is 1.62 bits per heavy atom. The number of ether oxygens (including phenoxy) is 1. The highest BCUT2D eigenvalue weighted by atomic mass is 16.6. The Morgan fingerprint density at radius 3 is 2.62 bits per heavy atom. The van der Waals surface area contributed by atoms with Gasteiger partial charge in [0.15, 0.2) is 0 Å². The van der Waals surface area contributed by atoms with Gasteiger partial charge in [0, 0.05) is 0 Å². The lowest BCUT2D eigenvalue weighted by molar-refractivity contribution is 0.0138. The van der Waals surface area contributed by atoms with E-state index in [0.29, 0.717) is 6.61 Å². The van der Waals surface area contributed by atoms with Crippen LogP contribution in [0.25, 0.3) is 0 Å². The molecule has 0 fully saturated rings. The second-order valence-electron chi connectivity index (χ2n) is 1.72. The summed E-state index contributed by atoms with van der Waals surface area (Å²) in [4.78, 5) is 0. The van der Waals surface area contributed by atoms with Crippen LogP contribution in [0.4, 0.5) is 0 Å². The summed E-state index contributed by atoms with van der Waals surface area (Å²) in [6.07, 6.45) is 2.18. The van der Waals surface area contributed by atoms with Crippen LogP contribution in [0, 0.1) is 6.29 Å². The van der Waals surface area contributed by atoms with Crippen LogP contribution in [-0.4, -0.2) is 11.7 Å². The molecule has 2 heteroatoms. The van der Waals surface area contributed by atoms with Crippen molar-refractivity contribution in [2.45, 2.75) is 26.7 Å². The van der Waals surface area contributed by atoms with Crippen molar-refractivity contribution in [3.8, 4) is 0 Å². The van der Waals surface area contributed by atoms with Crippen LogP contribution in [0.5, 0.6) is 0 Å². The van der Waals surface area contributed by atoms with Crippen molar-refractivity contribution in [3.63, 3.8) is 0 Å². The Hall–Kier alpha value is -0.0800. The lowest BCUT2D eigenvalue weighted by Crippen LogP contribution is -1.97. The van der Waals surface area contributed by atoms with E-state index in [9.17, 15) is 0 Å². The van der Waals surface area contributed by atoms with Gasteiger partial charge in [-0.15, -0.1) is 0 Å². The zero-order chi connectivity index (χ0) is 6.41. The highest BCUT2D eigenvalue weighted by molar-refractivity contribution is 4.47. The molecule has 1 N–H and O–H groups in total. The van der Waals surface area contributed by atoms with E-state index >= 15 is 0 Å². The fraction of sp³-hybridized carbons (Fsp3) is 0.833. The van der Waals surface area contributed by atoms with Gasteiger partial charge in [0.25, 0.3) is 0 Å². The number of aliphatic hydroxyl groups is 1. The quantitative estimate of drug-likeness (QED) is 0.568. The molecule has 0 unspecified atom stereocenters. The largest absolute Gasteiger partial charge is 0.362 e. The van der Waals surface area contributed by atoms with E-state index in [1.54, 1.807) is 0 Å². The van der Waals surface area contributed by atoms with Crippen LogP contribution >= 0.6 is 0 Å². The normalized spacial score (nSPS) is 10.5. The first kappa shape index (κ1) is 7.92. The van der Waals surface area contributed by atoms with Crippen molar-refractivity contribution in [2.75, 3.05) is 6.61 Å². The topological polar surface area (TPSA) is 29.5 Å². The first-order valence-corrected chi connectivity index (χ1v) is 2.92. The Balaban J connectivity index is 2.72. The second-order valence-corrected chi connectivity index (χ2v) is 1.72. The van der Waals surface area contributed by atoms with E-state index in [1.807, 2.05) is 0 Å². The maximum atomic E-state index is 8.47. The summed E-state index contributed by atoms with van der Waals surface area (Å²) in [5.41, 5.74) is 0. The van der Waals surface area contributed by atoms with Gasteiger partial charge in [0.1, 0.15) is 0 Å². The van der Waals surface area contributed by atoms with Crippen molar-refractivity contribution in [1.29, 1.82) is 0 Å². The summed E-state index contributed by atoms with van der Waals surface area (Å²) in [5, 5.41) is 8.47. The number of rotatable bonds is 4. The number of unbranched alkanes of at least 4 members (excludes halogenated alkanes) is 1. The summed E-state index contributed by atoms with van der Waals surface area (Å²) in [7, 11) is 0. The monoisotopic (exact) mass is 117 g/mol. The lowest BCUT2D eigenvalue weighted by Gasteiger charge is -2.01. The maximum Gasteiger partial charge on any atom is 0.217 e. The van der Waals surface area contributed by atoms with E-state index in [0.717, 1.165) is 12.8 Å². The Morgan fingerprint density at radius 2 is 2.25 bits per heavy atom. The number of hydrogen-bond donors (Lipinski definition) is 1. The van der Waals surface area contributed by atoms with Crippen LogP contribution in [0.15, 0.2) is 0 Å². The molecule has 0 saturated heterocycles. The molecular formula is C6H13O2. The summed E-state index contributed by atoms with van der Waals surface area (Å²) >= 11 is 0. The molecule has 0 rings (SSSR count). The minimum atomic E-state index is 0.0680. The predicted octanol–water partition coefficient (Wildman–Crippen LogP) is 1.68. The average Bonchev–Trinajstić information content (AvgIpc) is 1.66. The molecule has 0 amide bonds. The van der Waals surface area contributed by atoms with Crippen molar-refractivity contribution in [1.82, 2.24) is 0 Å². The second kappa shape index (κ2) is 5.06. The Labute approximate surface area is 50.5 Å². The molecule has 0 aliphatic carbocycles. The molecule has 49 valence electrons.